The number of aryl methyl sites for hydroxylation is 2. The Morgan fingerprint density at radius 2 is 2.06 bits per heavy atom. The van der Waals surface area contributed by atoms with Crippen molar-refractivity contribution in [2.45, 2.75) is 20.4 Å². The zero-order valence-corrected chi connectivity index (χ0v) is 9.03. The third kappa shape index (κ3) is 3.26. The van der Waals surface area contributed by atoms with Crippen molar-refractivity contribution in [1.29, 1.82) is 0 Å². The second-order valence-corrected chi connectivity index (χ2v) is 3.23. The Labute approximate surface area is 91.8 Å². The first-order valence-electron chi connectivity index (χ1n) is 4.66. The van der Waals surface area contributed by atoms with Crippen LogP contribution in [0.5, 0.6) is 0 Å². The van der Waals surface area contributed by atoms with Gasteiger partial charge in [0.1, 0.15) is 12.3 Å². The number of aliphatic carboxylic acids is 1. The normalized spacial score (nSPS) is 9.88. The van der Waals surface area contributed by atoms with Crippen LogP contribution in [0, 0.1) is 13.8 Å². The molecule has 0 aliphatic rings. The van der Waals surface area contributed by atoms with E-state index in [0.717, 1.165) is 5.56 Å². The van der Waals surface area contributed by atoms with Crippen LogP contribution < -0.4 is 10.6 Å². The van der Waals surface area contributed by atoms with Gasteiger partial charge in [0.2, 0.25) is 0 Å². The van der Waals surface area contributed by atoms with Gasteiger partial charge in [-0.15, -0.1) is 0 Å². The van der Waals surface area contributed by atoms with E-state index in [1.807, 2.05) is 0 Å². The molecule has 2 amide bonds. The molecule has 16 heavy (non-hydrogen) atoms. The molecule has 0 radical (unpaired) electrons. The largest absolute Gasteiger partial charge is 0.480 e. The molecule has 88 valence electrons. The quantitative estimate of drug-likeness (QED) is 0.680. The van der Waals surface area contributed by atoms with E-state index < -0.39 is 18.5 Å². The Kier molecular flexibility index (Phi) is 3.87. The Hall–Kier alpha value is -2.05. The summed E-state index contributed by atoms with van der Waals surface area (Å²) in [5.74, 6) is -0.455. The molecule has 3 N–H and O–H groups in total. The molecule has 0 fully saturated rings. The second-order valence-electron chi connectivity index (χ2n) is 3.23. The lowest BCUT2D eigenvalue weighted by atomic mass is 10.2. The molecule has 1 aromatic rings. The molecule has 7 heteroatoms. The number of carbonyl (C=O) groups is 2. The minimum atomic E-state index is -1.09. The number of aromatic nitrogens is 1. The van der Waals surface area contributed by atoms with Crippen LogP contribution in [0.2, 0.25) is 0 Å². The van der Waals surface area contributed by atoms with Gasteiger partial charge in [-0.05, 0) is 13.8 Å². The molecule has 0 bridgehead atoms. The van der Waals surface area contributed by atoms with Gasteiger partial charge in [-0.2, -0.15) is 0 Å². The maximum atomic E-state index is 11.1. The van der Waals surface area contributed by atoms with Crippen molar-refractivity contribution in [3.8, 4) is 0 Å². The van der Waals surface area contributed by atoms with E-state index in [9.17, 15) is 9.59 Å². The van der Waals surface area contributed by atoms with Crippen LogP contribution in [0.4, 0.5) is 4.79 Å². The maximum absolute atomic E-state index is 11.1. The molecule has 0 aliphatic heterocycles. The highest BCUT2D eigenvalue weighted by molar-refractivity contribution is 5.79. The highest BCUT2D eigenvalue weighted by Gasteiger charge is 2.10. The molecule has 0 saturated heterocycles. The van der Waals surface area contributed by atoms with Gasteiger partial charge < -0.3 is 20.3 Å². The standard InChI is InChI=1S/C9H13N3O4/c1-5-7(6(2)16-12-5)3-10-9(15)11-4-8(13)14/h3-4H2,1-2H3,(H,13,14)(H2,10,11,15). The molecule has 1 rings (SSSR count). The summed E-state index contributed by atoms with van der Waals surface area (Å²) >= 11 is 0. The highest BCUT2D eigenvalue weighted by Crippen LogP contribution is 2.10. The van der Waals surface area contributed by atoms with E-state index in [0.29, 0.717) is 11.5 Å². The molecule has 0 aromatic carbocycles. The Morgan fingerprint density at radius 1 is 1.38 bits per heavy atom. The lowest BCUT2D eigenvalue weighted by Crippen LogP contribution is -2.38. The number of carboxylic acids is 1. The summed E-state index contributed by atoms with van der Waals surface area (Å²) < 4.78 is 4.91. The summed E-state index contributed by atoms with van der Waals surface area (Å²) in [6, 6.07) is -0.539. The van der Waals surface area contributed by atoms with Gasteiger partial charge in [0, 0.05) is 12.1 Å². The smallest absolute Gasteiger partial charge is 0.323 e. The minimum Gasteiger partial charge on any atom is -0.480 e. The number of rotatable bonds is 4. The number of hydrogen-bond donors (Lipinski definition) is 3. The summed E-state index contributed by atoms with van der Waals surface area (Å²) in [7, 11) is 0. The monoisotopic (exact) mass is 227 g/mol. The van der Waals surface area contributed by atoms with E-state index in [-0.39, 0.29) is 6.54 Å². The van der Waals surface area contributed by atoms with Gasteiger partial charge >= 0.3 is 12.0 Å². The van der Waals surface area contributed by atoms with Gasteiger partial charge in [0.15, 0.2) is 0 Å². The highest BCUT2D eigenvalue weighted by atomic mass is 16.5. The van der Waals surface area contributed by atoms with Crippen molar-refractivity contribution in [2.75, 3.05) is 6.54 Å². The predicted molar refractivity (Wildman–Crippen MR) is 53.9 cm³/mol. The number of carbonyl (C=O) groups excluding carboxylic acids is 1. The molecular weight excluding hydrogens is 214 g/mol. The van der Waals surface area contributed by atoms with Crippen LogP contribution in [0.15, 0.2) is 4.52 Å². The zero-order chi connectivity index (χ0) is 12.1. The fourth-order valence-corrected chi connectivity index (χ4v) is 1.14. The van der Waals surface area contributed by atoms with E-state index in [2.05, 4.69) is 15.8 Å². The fourth-order valence-electron chi connectivity index (χ4n) is 1.14. The molecule has 1 heterocycles. The van der Waals surface area contributed by atoms with E-state index in [4.69, 9.17) is 9.63 Å². The molecule has 0 spiro atoms. The predicted octanol–water partition coefficient (Wildman–Crippen LogP) is 0.175. The van der Waals surface area contributed by atoms with Crippen LogP contribution in [-0.4, -0.2) is 28.8 Å². The van der Waals surface area contributed by atoms with Crippen molar-refractivity contribution >= 4 is 12.0 Å². The van der Waals surface area contributed by atoms with Gasteiger partial charge in [-0.3, -0.25) is 4.79 Å². The lowest BCUT2D eigenvalue weighted by molar-refractivity contribution is -0.135. The number of amides is 2. The zero-order valence-electron chi connectivity index (χ0n) is 9.03. The molecule has 0 aliphatic carbocycles. The van der Waals surface area contributed by atoms with E-state index in [1.165, 1.54) is 0 Å². The minimum absolute atomic E-state index is 0.257. The summed E-state index contributed by atoms with van der Waals surface area (Å²) in [4.78, 5) is 21.3. The average molecular weight is 227 g/mol. The van der Waals surface area contributed by atoms with E-state index >= 15 is 0 Å². The Balaban J connectivity index is 2.40. The van der Waals surface area contributed by atoms with E-state index in [1.54, 1.807) is 13.8 Å². The van der Waals surface area contributed by atoms with Crippen LogP contribution in [0.25, 0.3) is 0 Å². The Morgan fingerprint density at radius 3 is 2.56 bits per heavy atom. The van der Waals surface area contributed by atoms with Crippen molar-refractivity contribution < 1.29 is 19.2 Å². The number of hydrogen-bond acceptors (Lipinski definition) is 4. The number of nitrogens with zero attached hydrogens (tertiary/aromatic N) is 1. The van der Waals surface area contributed by atoms with Gasteiger partial charge in [-0.1, -0.05) is 5.16 Å². The first-order valence-corrected chi connectivity index (χ1v) is 4.66. The van der Waals surface area contributed by atoms with Crippen molar-refractivity contribution in [2.24, 2.45) is 0 Å². The fraction of sp³-hybridized carbons (Fsp3) is 0.444. The lowest BCUT2D eigenvalue weighted by Gasteiger charge is -2.05. The number of urea groups is 1. The van der Waals surface area contributed by atoms with Crippen LogP contribution >= 0.6 is 0 Å². The SMILES string of the molecule is Cc1noc(C)c1CNC(=O)NCC(=O)O. The van der Waals surface area contributed by atoms with Crippen LogP contribution in [0.3, 0.4) is 0 Å². The van der Waals surface area contributed by atoms with Crippen LogP contribution in [-0.2, 0) is 11.3 Å². The van der Waals surface area contributed by atoms with Gasteiger partial charge in [0.05, 0.1) is 5.69 Å². The first-order chi connectivity index (χ1) is 7.50. The van der Waals surface area contributed by atoms with Crippen molar-refractivity contribution in [3.05, 3.63) is 17.0 Å². The maximum Gasteiger partial charge on any atom is 0.323 e. The van der Waals surface area contributed by atoms with Crippen LogP contribution in [0.1, 0.15) is 17.0 Å². The van der Waals surface area contributed by atoms with Gasteiger partial charge in [0.25, 0.3) is 0 Å². The third-order valence-corrected chi connectivity index (χ3v) is 2.01. The number of carboxylic acid groups (broad SMARTS) is 1. The molecule has 0 atom stereocenters. The second kappa shape index (κ2) is 5.15. The summed E-state index contributed by atoms with van der Waals surface area (Å²) in [6.45, 7) is 3.36. The average Bonchev–Trinajstić information content (AvgIpc) is 2.53. The first kappa shape index (κ1) is 12.0. The number of nitrogens with one attached hydrogen (secondary N) is 2. The third-order valence-electron chi connectivity index (χ3n) is 2.01. The molecule has 1 aromatic heterocycles. The summed E-state index contributed by atoms with van der Waals surface area (Å²) in [5.41, 5.74) is 1.50. The molecule has 7 nitrogen and oxygen atoms in total. The molecule has 0 saturated carbocycles. The molecule has 0 unspecified atom stereocenters. The van der Waals surface area contributed by atoms with Crippen molar-refractivity contribution in [3.63, 3.8) is 0 Å². The summed E-state index contributed by atoms with van der Waals surface area (Å²) in [5, 5.41) is 16.8. The summed E-state index contributed by atoms with van der Waals surface area (Å²) in [6.07, 6.45) is 0. The molecular formula is C9H13N3O4. The Bertz CT molecular complexity index is 380. The van der Waals surface area contributed by atoms with Gasteiger partial charge in [-0.25, -0.2) is 4.79 Å². The van der Waals surface area contributed by atoms with Crippen molar-refractivity contribution in [1.82, 2.24) is 15.8 Å². The topological polar surface area (TPSA) is 104 Å².